The highest BCUT2D eigenvalue weighted by Crippen LogP contribution is 2.01. The summed E-state index contributed by atoms with van der Waals surface area (Å²) in [5, 5.41) is 0. The van der Waals surface area contributed by atoms with E-state index in [1.807, 2.05) is 11.9 Å². The molecule has 1 heterocycles. The lowest BCUT2D eigenvalue weighted by Crippen LogP contribution is -2.47. The van der Waals surface area contributed by atoms with Gasteiger partial charge >= 0.3 is 0 Å². The standard InChI is InChI=1S/C15H29N3O3/c1-4-6-17(7-5-2)14(19)12-16(3)13-15(20)18-8-10-21-11-9-18/h4-13H2,1-3H3. The monoisotopic (exact) mass is 299 g/mol. The molecule has 0 aromatic rings. The first-order chi connectivity index (χ1) is 10.1. The number of hydrogen-bond acceptors (Lipinski definition) is 4. The molecule has 0 atom stereocenters. The Morgan fingerprint density at radius 3 is 2.14 bits per heavy atom. The Morgan fingerprint density at radius 2 is 1.62 bits per heavy atom. The van der Waals surface area contributed by atoms with Crippen LogP contribution in [0.25, 0.3) is 0 Å². The van der Waals surface area contributed by atoms with Crippen LogP contribution in [-0.4, -0.2) is 86.0 Å². The fourth-order valence-corrected chi connectivity index (χ4v) is 2.43. The molecule has 1 aliphatic heterocycles. The second-order valence-electron chi connectivity index (χ2n) is 5.55. The molecule has 0 N–H and O–H groups in total. The molecule has 1 aliphatic rings. The molecule has 0 spiro atoms. The van der Waals surface area contributed by atoms with Crippen molar-refractivity contribution >= 4 is 11.8 Å². The zero-order valence-corrected chi connectivity index (χ0v) is 13.6. The summed E-state index contributed by atoms with van der Waals surface area (Å²) >= 11 is 0. The van der Waals surface area contributed by atoms with E-state index in [9.17, 15) is 9.59 Å². The van der Waals surface area contributed by atoms with Gasteiger partial charge in [-0.2, -0.15) is 0 Å². The summed E-state index contributed by atoms with van der Waals surface area (Å²) < 4.78 is 5.24. The molecule has 0 aliphatic carbocycles. The molecule has 0 unspecified atom stereocenters. The number of rotatable bonds is 8. The summed E-state index contributed by atoms with van der Waals surface area (Å²) in [5.41, 5.74) is 0. The summed E-state index contributed by atoms with van der Waals surface area (Å²) in [6.07, 6.45) is 1.92. The molecular formula is C15H29N3O3. The highest BCUT2D eigenvalue weighted by molar-refractivity contribution is 5.81. The van der Waals surface area contributed by atoms with Crippen molar-refractivity contribution < 1.29 is 14.3 Å². The zero-order chi connectivity index (χ0) is 15.7. The lowest BCUT2D eigenvalue weighted by Gasteiger charge is -2.29. The van der Waals surface area contributed by atoms with Crippen LogP contribution >= 0.6 is 0 Å². The number of nitrogens with zero attached hydrogens (tertiary/aromatic N) is 3. The van der Waals surface area contributed by atoms with Gasteiger partial charge in [0.15, 0.2) is 0 Å². The first-order valence-corrected chi connectivity index (χ1v) is 7.90. The second-order valence-corrected chi connectivity index (χ2v) is 5.55. The molecule has 2 amide bonds. The van der Waals surface area contributed by atoms with Crippen LogP contribution in [-0.2, 0) is 14.3 Å². The minimum absolute atomic E-state index is 0.0751. The van der Waals surface area contributed by atoms with Crippen molar-refractivity contribution in [3.05, 3.63) is 0 Å². The molecule has 0 bridgehead atoms. The Morgan fingerprint density at radius 1 is 1.05 bits per heavy atom. The summed E-state index contributed by atoms with van der Waals surface area (Å²) in [6.45, 7) is 8.83. The molecule has 122 valence electrons. The molecule has 0 aromatic heterocycles. The maximum atomic E-state index is 12.2. The van der Waals surface area contributed by atoms with Crippen molar-refractivity contribution in [2.75, 3.05) is 59.5 Å². The predicted molar refractivity (Wildman–Crippen MR) is 82.1 cm³/mol. The predicted octanol–water partition coefficient (Wildman–Crippen LogP) is 0.426. The molecule has 1 saturated heterocycles. The summed E-state index contributed by atoms with van der Waals surface area (Å²) in [7, 11) is 1.83. The minimum Gasteiger partial charge on any atom is -0.378 e. The number of amides is 2. The smallest absolute Gasteiger partial charge is 0.236 e. The lowest BCUT2D eigenvalue weighted by molar-refractivity contribution is -0.137. The van der Waals surface area contributed by atoms with Gasteiger partial charge in [0, 0.05) is 26.2 Å². The van der Waals surface area contributed by atoms with Gasteiger partial charge in [-0.1, -0.05) is 13.8 Å². The van der Waals surface area contributed by atoms with E-state index in [1.54, 1.807) is 9.80 Å². The Labute approximate surface area is 128 Å². The molecule has 6 heteroatoms. The van der Waals surface area contributed by atoms with Gasteiger partial charge in [0.1, 0.15) is 0 Å². The highest BCUT2D eigenvalue weighted by atomic mass is 16.5. The van der Waals surface area contributed by atoms with Gasteiger partial charge in [0.05, 0.1) is 26.3 Å². The van der Waals surface area contributed by atoms with Crippen molar-refractivity contribution in [3.8, 4) is 0 Å². The van der Waals surface area contributed by atoms with E-state index in [-0.39, 0.29) is 18.4 Å². The summed E-state index contributed by atoms with van der Waals surface area (Å²) in [5.74, 6) is 0.183. The van der Waals surface area contributed by atoms with E-state index in [4.69, 9.17) is 4.74 Å². The maximum Gasteiger partial charge on any atom is 0.236 e. The Balaban J connectivity index is 2.38. The maximum absolute atomic E-state index is 12.2. The molecular weight excluding hydrogens is 270 g/mol. The quantitative estimate of drug-likeness (QED) is 0.652. The first kappa shape index (κ1) is 17.9. The van der Waals surface area contributed by atoms with E-state index in [1.165, 1.54) is 0 Å². The molecule has 6 nitrogen and oxygen atoms in total. The third-order valence-corrected chi connectivity index (χ3v) is 3.51. The van der Waals surface area contributed by atoms with Crippen LogP contribution in [0.1, 0.15) is 26.7 Å². The van der Waals surface area contributed by atoms with E-state index in [0.29, 0.717) is 32.8 Å². The largest absolute Gasteiger partial charge is 0.378 e. The molecule has 1 fully saturated rings. The van der Waals surface area contributed by atoms with Crippen LogP contribution < -0.4 is 0 Å². The van der Waals surface area contributed by atoms with Crippen LogP contribution in [0, 0.1) is 0 Å². The molecule has 0 saturated carbocycles. The van der Waals surface area contributed by atoms with Gasteiger partial charge in [-0.3, -0.25) is 14.5 Å². The van der Waals surface area contributed by atoms with Crippen molar-refractivity contribution in [1.29, 1.82) is 0 Å². The topological polar surface area (TPSA) is 53.1 Å². The number of likely N-dealkylation sites (N-methyl/N-ethyl adjacent to an activating group) is 1. The second kappa shape index (κ2) is 9.73. The first-order valence-electron chi connectivity index (χ1n) is 7.90. The van der Waals surface area contributed by atoms with E-state index in [2.05, 4.69) is 13.8 Å². The summed E-state index contributed by atoms with van der Waals surface area (Å²) in [6, 6.07) is 0. The van der Waals surface area contributed by atoms with Gasteiger partial charge in [-0.25, -0.2) is 0 Å². The van der Waals surface area contributed by atoms with Crippen LogP contribution in [0.5, 0.6) is 0 Å². The zero-order valence-electron chi connectivity index (χ0n) is 13.6. The molecule has 0 radical (unpaired) electrons. The van der Waals surface area contributed by atoms with Crippen molar-refractivity contribution in [1.82, 2.24) is 14.7 Å². The molecule has 1 rings (SSSR count). The minimum atomic E-state index is 0.0751. The Hall–Kier alpha value is -1.14. The fourth-order valence-electron chi connectivity index (χ4n) is 2.43. The molecule has 21 heavy (non-hydrogen) atoms. The van der Waals surface area contributed by atoms with E-state index in [0.717, 1.165) is 25.9 Å². The highest BCUT2D eigenvalue weighted by Gasteiger charge is 2.20. The number of carbonyl (C=O) groups excluding carboxylic acids is 2. The average molecular weight is 299 g/mol. The summed E-state index contributed by atoms with van der Waals surface area (Å²) in [4.78, 5) is 29.8. The van der Waals surface area contributed by atoms with Crippen molar-refractivity contribution in [3.63, 3.8) is 0 Å². The number of hydrogen-bond donors (Lipinski definition) is 0. The normalized spacial score (nSPS) is 15.3. The van der Waals surface area contributed by atoms with E-state index >= 15 is 0 Å². The lowest BCUT2D eigenvalue weighted by atomic mass is 10.3. The van der Waals surface area contributed by atoms with Gasteiger partial charge in [-0.15, -0.1) is 0 Å². The van der Waals surface area contributed by atoms with Crippen LogP contribution in [0.4, 0.5) is 0 Å². The van der Waals surface area contributed by atoms with Crippen LogP contribution in [0.3, 0.4) is 0 Å². The van der Waals surface area contributed by atoms with Crippen molar-refractivity contribution in [2.24, 2.45) is 0 Å². The average Bonchev–Trinajstić information content (AvgIpc) is 2.47. The number of carbonyl (C=O) groups is 2. The van der Waals surface area contributed by atoms with Crippen LogP contribution in [0.15, 0.2) is 0 Å². The third-order valence-electron chi connectivity index (χ3n) is 3.51. The van der Waals surface area contributed by atoms with Gasteiger partial charge in [0.25, 0.3) is 0 Å². The van der Waals surface area contributed by atoms with Gasteiger partial charge < -0.3 is 14.5 Å². The van der Waals surface area contributed by atoms with Gasteiger partial charge in [0.2, 0.25) is 11.8 Å². The molecule has 0 aromatic carbocycles. The Kier molecular flexibility index (Phi) is 8.30. The third kappa shape index (κ3) is 6.44. The van der Waals surface area contributed by atoms with E-state index < -0.39 is 0 Å². The van der Waals surface area contributed by atoms with Crippen LogP contribution in [0.2, 0.25) is 0 Å². The van der Waals surface area contributed by atoms with Crippen molar-refractivity contribution in [2.45, 2.75) is 26.7 Å². The number of ether oxygens (including phenoxy) is 1. The Bertz CT molecular complexity index is 324. The van der Waals surface area contributed by atoms with Gasteiger partial charge in [-0.05, 0) is 19.9 Å². The SMILES string of the molecule is CCCN(CCC)C(=O)CN(C)CC(=O)N1CCOCC1. The fraction of sp³-hybridized carbons (Fsp3) is 0.867. The number of morpholine rings is 1.